The van der Waals surface area contributed by atoms with Crippen molar-refractivity contribution in [1.29, 1.82) is 0 Å². The standard InChI is InChI=1S/C16H19N3O2/c1-12-13(2)18-11-19(16(12)21)9-8-17-15(20)10-14-6-4-3-5-7-14/h3-7,11H,8-10H2,1-2H3,(H,17,20). The molecule has 0 saturated carbocycles. The lowest BCUT2D eigenvalue weighted by molar-refractivity contribution is -0.120. The predicted octanol–water partition coefficient (Wildman–Crippen LogP) is 1.22. The maximum atomic E-state index is 12.0. The Morgan fingerprint density at radius 2 is 1.95 bits per heavy atom. The number of aromatic nitrogens is 2. The van der Waals surface area contributed by atoms with E-state index in [2.05, 4.69) is 10.3 Å². The quantitative estimate of drug-likeness (QED) is 0.898. The topological polar surface area (TPSA) is 64.0 Å². The molecule has 1 aromatic carbocycles. The van der Waals surface area contributed by atoms with Crippen LogP contribution in [0.25, 0.3) is 0 Å². The third-order valence-electron chi connectivity index (χ3n) is 3.40. The number of nitrogens with one attached hydrogen (secondary N) is 1. The number of rotatable bonds is 5. The maximum absolute atomic E-state index is 12.0. The van der Waals surface area contributed by atoms with E-state index < -0.39 is 0 Å². The van der Waals surface area contributed by atoms with Crippen LogP contribution in [0.1, 0.15) is 16.8 Å². The van der Waals surface area contributed by atoms with E-state index in [0.29, 0.717) is 25.1 Å². The van der Waals surface area contributed by atoms with Gasteiger partial charge < -0.3 is 5.32 Å². The maximum Gasteiger partial charge on any atom is 0.256 e. The van der Waals surface area contributed by atoms with E-state index >= 15 is 0 Å². The Bertz CT molecular complexity index is 678. The molecule has 1 aromatic heterocycles. The van der Waals surface area contributed by atoms with E-state index in [1.165, 1.54) is 10.9 Å². The lowest BCUT2D eigenvalue weighted by atomic mass is 10.1. The summed E-state index contributed by atoms with van der Waals surface area (Å²) in [7, 11) is 0. The highest BCUT2D eigenvalue weighted by Crippen LogP contribution is 1.99. The lowest BCUT2D eigenvalue weighted by Crippen LogP contribution is -2.32. The van der Waals surface area contributed by atoms with Crippen LogP contribution in [0.4, 0.5) is 0 Å². The molecule has 0 bridgehead atoms. The third-order valence-corrected chi connectivity index (χ3v) is 3.40. The summed E-state index contributed by atoms with van der Waals surface area (Å²) < 4.78 is 1.52. The Morgan fingerprint density at radius 1 is 1.24 bits per heavy atom. The number of nitrogens with zero attached hydrogens (tertiary/aromatic N) is 2. The molecular formula is C16H19N3O2. The van der Waals surface area contributed by atoms with Gasteiger partial charge in [-0.3, -0.25) is 14.2 Å². The van der Waals surface area contributed by atoms with Gasteiger partial charge in [-0.05, 0) is 19.4 Å². The molecule has 1 amide bonds. The molecule has 2 rings (SSSR count). The molecule has 0 aliphatic rings. The van der Waals surface area contributed by atoms with Gasteiger partial charge in [0.05, 0.1) is 12.7 Å². The molecule has 0 aliphatic carbocycles. The second kappa shape index (κ2) is 6.83. The van der Waals surface area contributed by atoms with Crippen molar-refractivity contribution < 1.29 is 4.79 Å². The summed E-state index contributed by atoms with van der Waals surface area (Å²) in [6, 6.07) is 9.56. The normalized spacial score (nSPS) is 10.4. The first kappa shape index (κ1) is 15.0. The molecule has 0 unspecified atom stereocenters. The Kier molecular flexibility index (Phi) is 4.87. The van der Waals surface area contributed by atoms with E-state index in [1.807, 2.05) is 37.3 Å². The fourth-order valence-electron chi connectivity index (χ4n) is 1.99. The third kappa shape index (κ3) is 4.02. The van der Waals surface area contributed by atoms with Crippen LogP contribution in [0.3, 0.4) is 0 Å². The van der Waals surface area contributed by atoms with Crippen molar-refractivity contribution in [2.45, 2.75) is 26.8 Å². The van der Waals surface area contributed by atoms with Crippen LogP contribution in [-0.4, -0.2) is 22.0 Å². The molecule has 5 heteroatoms. The van der Waals surface area contributed by atoms with Gasteiger partial charge in [0.15, 0.2) is 0 Å². The predicted molar refractivity (Wildman–Crippen MR) is 81.1 cm³/mol. The van der Waals surface area contributed by atoms with E-state index in [9.17, 15) is 9.59 Å². The number of benzene rings is 1. The first-order valence-corrected chi connectivity index (χ1v) is 6.91. The van der Waals surface area contributed by atoms with E-state index in [1.54, 1.807) is 6.92 Å². The van der Waals surface area contributed by atoms with Crippen LogP contribution in [0, 0.1) is 13.8 Å². The van der Waals surface area contributed by atoms with Crippen molar-refractivity contribution in [2.75, 3.05) is 6.54 Å². The zero-order chi connectivity index (χ0) is 15.2. The molecule has 0 atom stereocenters. The molecule has 0 radical (unpaired) electrons. The molecule has 1 heterocycles. The molecule has 0 saturated heterocycles. The van der Waals surface area contributed by atoms with Crippen molar-refractivity contribution in [3.8, 4) is 0 Å². The second-order valence-corrected chi connectivity index (χ2v) is 4.97. The summed E-state index contributed by atoms with van der Waals surface area (Å²) in [4.78, 5) is 27.9. The summed E-state index contributed by atoms with van der Waals surface area (Å²) in [5, 5.41) is 2.81. The van der Waals surface area contributed by atoms with Crippen molar-refractivity contribution in [3.05, 3.63) is 63.8 Å². The number of amides is 1. The Morgan fingerprint density at radius 3 is 2.67 bits per heavy atom. The molecule has 0 fully saturated rings. The first-order valence-electron chi connectivity index (χ1n) is 6.91. The minimum absolute atomic E-state index is 0.0500. The number of hydrogen-bond donors (Lipinski definition) is 1. The number of aryl methyl sites for hydroxylation is 1. The monoisotopic (exact) mass is 285 g/mol. The zero-order valence-electron chi connectivity index (χ0n) is 12.3. The van der Waals surface area contributed by atoms with Crippen LogP contribution in [0.2, 0.25) is 0 Å². The summed E-state index contributed by atoms with van der Waals surface area (Å²) >= 11 is 0. The minimum atomic E-state index is -0.0557. The van der Waals surface area contributed by atoms with Gasteiger partial charge in [0.1, 0.15) is 0 Å². The van der Waals surface area contributed by atoms with Gasteiger partial charge >= 0.3 is 0 Å². The largest absolute Gasteiger partial charge is 0.354 e. The first-order chi connectivity index (χ1) is 10.1. The average molecular weight is 285 g/mol. The molecule has 110 valence electrons. The zero-order valence-corrected chi connectivity index (χ0v) is 12.3. The van der Waals surface area contributed by atoms with Crippen LogP contribution >= 0.6 is 0 Å². The van der Waals surface area contributed by atoms with E-state index in [-0.39, 0.29) is 11.5 Å². The molecule has 2 aromatic rings. The Balaban J connectivity index is 1.86. The van der Waals surface area contributed by atoms with Gasteiger partial charge in [0.2, 0.25) is 5.91 Å². The minimum Gasteiger partial charge on any atom is -0.354 e. The van der Waals surface area contributed by atoms with Gasteiger partial charge in [-0.1, -0.05) is 30.3 Å². The smallest absolute Gasteiger partial charge is 0.256 e. The Labute approximate surface area is 123 Å². The summed E-state index contributed by atoms with van der Waals surface area (Å²) in [5.74, 6) is -0.0500. The number of carbonyl (C=O) groups excluding carboxylic acids is 1. The molecule has 0 aliphatic heterocycles. The molecular weight excluding hydrogens is 266 g/mol. The summed E-state index contributed by atoms with van der Waals surface area (Å²) in [6.07, 6.45) is 1.87. The van der Waals surface area contributed by atoms with E-state index in [4.69, 9.17) is 0 Å². The van der Waals surface area contributed by atoms with Gasteiger partial charge in [-0.2, -0.15) is 0 Å². The highest BCUT2D eigenvalue weighted by atomic mass is 16.1. The number of hydrogen-bond acceptors (Lipinski definition) is 3. The number of carbonyl (C=O) groups is 1. The SMILES string of the molecule is Cc1ncn(CCNC(=O)Cc2ccccc2)c(=O)c1C. The second-order valence-electron chi connectivity index (χ2n) is 4.97. The molecule has 0 spiro atoms. The molecule has 1 N–H and O–H groups in total. The van der Waals surface area contributed by atoms with E-state index in [0.717, 1.165) is 11.3 Å². The fraction of sp³-hybridized carbons (Fsp3) is 0.312. The molecule has 21 heavy (non-hydrogen) atoms. The highest BCUT2D eigenvalue weighted by molar-refractivity contribution is 5.78. The van der Waals surface area contributed by atoms with Crippen LogP contribution in [0.5, 0.6) is 0 Å². The lowest BCUT2D eigenvalue weighted by Gasteiger charge is -2.09. The Hall–Kier alpha value is -2.43. The van der Waals surface area contributed by atoms with Gasteiger partial charge in [0, 0.05) is 24.3 Å². The summed E-state index contributed by atoms with van der Waals surface area (Å²) in [5.41, 5.74) is 2.30. The van der Waals surface area contributed by atoms with Crippen molar-refractivity contribution in [2.24, 2.45) is 0 Å². The molecule has 5 nitrogen and oxygen atoms in total. The van der Waals surface area contributed by atoms with Crippen LogP contribution in [-0.2, 0) is 17.8 Å². The van der Waals surface area contributed by atoms with Crippen LogP contribution < -0.4 is 10.9 Å². The average Bonchev–Trinajstić information content (AvgIpc) is 2.48. The van der Waals surface area contributed by atoms with Crippen molar-refractivity contribution in [1.82, 2.24) is 14.9 Å². The van der Waals surface area contributed by atoms with Crippen molar-refractivity contribution >= 4 is 5.91 Å². The van der Waals surface area contributed by atoms with Crippen LogP contribution in [0.15, 0.2) is 41.5 Å². The van der Waals surface area contributed by atoms with Gasteiger partial charge in [0.25, 0.3) is 5.56 Å². The van der Waals surface area contributed by atoms with Gasteiger partial charge in [-0.25, -0.2) is 4.98 Å². The van der Waals surface area contributed by atoms with Gasteiger partial charge in [-0.15, -0.1) is 0 Å². The summed E-state index contributed by atoms with van der Waals surface area (Å²) in [6.45, 7) is 4.40. The fourth-order valence-corrected chi connectivity index (χ4v) is 1.99. The van der Waals surface area contributed by atoms with Crippen molar-refractivity contribution in [3.63, 3.8) is 0 Å². The highest BCUT2D eigenvalue weighted by Gasteiger charge is 2.05.